The Balaban J connectivity index is 1.23. The molecule has 4 aromatic rings. The number of aryl methyl sites for hydroxylation is 1. The highest BCUT2D eigenvalue weighted by Crippen LogP contribution is 2.40. The largest absolute Gasteiger partial charge is 0.444 e. The van der Waals surface area contributed by atoms with Crippen molar-refractivity contribution >= 4 is 34.4 Å². The number of nitrogens with one attached hydrogen (secondary N) is 2. The highest BCUT2D eigenvalue weighted by Gasteiger charge is 2.43. The summed E-state index contributed by atoms with van der Waals surface area (Å²) < 4.78 is 25.6. The van der Waals surface area contributed by atoms with Gasteiger partial charge in [-0.25, -0.2) is 24.1 Å². The Morgan fingerprint density at radius 1 is 1.02 bits per heavy atom. The number of alkyl halides is 1. The number of carbonyl (C=O) groups is 2. The van der Waals surface area contributed by atoms with Crippen LogP contribution in [0.3, 0.4) is 0 Å². The van der Waals surface area contributed by atoms with Crippen molar-refractivity contribution < 1.29 is 23.5 Å². The summed E-state index contributed by atoms with van der Waals surface area (Å²) >= 11 is 0. The first-order valence-electron chi connectivity index (χ1n) is 15.2. The van der Waals surface area contributed by atoms with Crippen LogP contribution >= 0.6 is 0 Å². The molecule has 11 heteroatoms. The van der Waals surface area contributed by atoms with Crippen molar-refractivity contribution in [1.82, 2.24) is 19.9 Å². The Kier molecular flexibility index (Phi) is 8.26. The number of anilines is 2. The van der Waals surface area contributed by atoms with Gasteiger partial charge in [-0.2, -0.15) is 0 Å². The van der Waals surface area contributed by atoms with Gasteiger partial charge >= 0.3 is 6.09 Å². The molecule has 45 heavy (non-hydrogen) atoms. The molecular formula is C34H37FN6O4. The number of carbonyl (C=O) groups excluding carboxylic acids is 2. The fourth-order valence-corrected chi connectivity index (χ4v) is 5.46. The summed E-state index contributed by atoms with van der Waals surface area (Å²) in [5.41, 5.74) is 2.21. The third kappa shape index (κ3) is 6.97. The van der Waals surface area contributed by atoms with E-state index in [1.54, 1.807) is 29.4 Å². The molecule has 0 bridgehead atoms. The van der Waals surface area contributed by atoms with E-state index in [1.807, 2.05) is 64.1 Å². The number of hydrogen-bond acceptors (Lipinski definition) is 8. The first-order chi connectivity index (χ1) is 21.6. The topological polar surface area (TPSA) is 119 Å². The molecule has 234 valence electrons. The molecule has 1 unspecified atom stereocenters. The second kappa shape index (κ2) is 12.3. The van der Waals surface area contributed by atoms with E-state index in [1.165, 1.54) is 0 Å². The number of fused-ring (bicyclic) bond motifs is 1. The summed E-state index contributed by atoms with van der Waals surface area (Å²) in [5, 5.41) is 7.83. The molecule has 0 spiro atoms. The van der Waals surface area contributed by atoms with Crippen LogP contribution in [-0.2, 0) is 9.53 Å². The quantitative estimate of drug-likeness (QED) is 0.231. The van der Waals surface area contributed by atoms with Crippen molar-refractivity contribution in [3.63, 3.8) is 0 Å². The van der Waals surface area contributed by atoms with Crippen molar-refractivity contribution in [3.05, 3.63) is 66.5 Å². The number of benzene rings is 2. The molecule has 1 aliphatic heterocycles. The van der Waals surface area contributed by atoms with E-state index in [0.717, 1.165) is 29.2 Å². The fourth-order valence-electron chi connectivity index (χ4n) is 5.46. The van der Waals surface area contributed by atoms with Gasteiger partial charge in [0.15, 0.2) is 0 Å². The van der Waals surface area contributed by atoms with Gasteiger partial charge in [0, 0.05) is 48.0 Å². The molecule has 10 nitrogen and oxygen atoms in total. The van der Waals surface area contributed by atoms with Crippen LogP contribution in [0, 0.1) is 12.8 Å². The van der Waals surface area contributed by atoms with Gasteiger partial charge in [-0.1, -0.05) is 24.3 Å². The Labute approximate surface area is 261 Å². The molecule has 1 saturated heterocycles. The number of amides is 2. The summed E-state index contributed by atoms with van der Waals surface area (Å²) in [6, 6.07) is 14.9. The zero-order chi connectivity index (χ0) is 31.7. The van der Waals surface area contributed by atoms with Crippen LogP contribution < -0.4 is 15.4 Å². The molecule has 2 amide bonds. The van der Waals surface area contributed by atoms with E-state index < -0.39 is 17.7 Å². The Bertz CT molecular complexity index is 1740. The highest BCUT2D eigenvalue weighted by molar-refractivity contribution is 6.05. The van der Waals surface area contributed by atoms with Crippen molar-refractivity contribution in [2.75, 3.05) is 23.7 Å². The number of halogens is 1. The van der Waals surface area contributed by atoms with Gasteiger partial charge in [-0.05, 0) is 76.8 Å². The summed E-state index contributed by atoms with van der Waals surface area (Å²) in [6.45, 7) is 8.65. The second-order valence-corrected chi connectivity index (χ2v) is 12.6. The maximum Gasteiger partial charge on any atom is 0.410 e. The normalized spacial score (nSPS) is 19.6. The number of likely N-dealkylation sites (tertiary alicyclic amines) is 1. The minimum Gasteiger partial charge on any atom is -0.444 e. The lowest BCUT2D eigenvalue weighted by molar-refractivity contribution is -0.117. The minimum absolute atomic E-state index is 0.0325. The predicted molar refractivity (Wildman–Crippen MR) is 170 cm³/mol. The predicted octanol–water partition coefficient (Wildman–Crippen LogP) is 6.90. The van der Waals surface area contributed by atoms with Crippen molar-refractivity contribution in [2.45, 2.75) is 64.8 Å². The van der Waals surface area contributed by atoms with Crippen LogP contribution in [-0.4, -0.2) is 62.8 Å². The van der Waals surface area contributed by atoms with Crippen LogP contribution in [0.5, 0.6) is 11.6 Å². The summed E-state index contributed by atoms with van der Waals surface area (Å²) in [7, 11) is 0. The average Bonchev–Trinajstić information content (AvgIpc) is 3.75. The monoisotopic (exact) mass is 612 g/mol. The lowest BCUT2D eigenvalue weighted by Gasteiger charge is -2.34. The molecule has 6 rings (SSSR count). The summed E-state index contributed by atoms with van der Waals surface area (Å²) in [6.07, 6.45) is 3.90. The van der Waals surface area contributed by atoms with Gasteiger partial charge in [0.25, 0.3) is 0 Å². The molecule has 2 aromatic carbocycles. The molecule has 2 N–H and O–H groups in total. The van der Waals surface area contributed by atoms with E-state index >= 15 is 0 Å². The Hall–Kier alpha value is -4.80. The standard InChI is InChI=1S/C34H37FN6O4/c1-20-12-13-22-23(9-5-11-27(22)39-30(42)25-18-26(25)35)29(20)44-31-24(10-6-15-36-31)28-14-16-37-32(40-28)38-21-8-7-17-41(19-21)33(43)45-34(2,3)4/h5-6,9-16,21,25-26H,7-8,17-19H2,1-4H3,(H,39,42)(H,37,38,40)/t21?,25-,26-/m0/s1. The zero-order valence-electron chi connectivity index (χ0n) is 25.8. The Morgan fingerprint density at radius 2 is 1.84 bits per heavy atom. The first-order valence-corrected chi connectivity index (χ1v) is 15.2. The van der Waals surface area contributed by atoms with Crippen LogP contribution in [0.2, 0.25) is 0 Å². The summed E-state index contributed by atoms with van der Waals surface area (Å²) in [5.74, 6) is 0.483. The molecule has 2 aliphatic rings. The van der Waals surface area contributed by atoms with Gasteiger partial charge in [-0.15, -0.1) is 0 Å². The van der Waals surface area contributed by atoms with E-state index in [4.69, 9.17) is 14.5 Å². The summed E-state index contributed by atoms with van der Waals surface area (Å²) in [4.78, 5) is 40.6. The number of nitrogens with zero attached hydrogens (tertiary/aromatic N) is 4. The molecule has 2 fully saturated rings. The number of piperidine rings is 1. The minimum atomic E-state index is -1.07. The van der Waals surface area contributed by atoms with Gasteiger partial charge in [0.2, 0.25) is 17.7 Å². The van der Waals surface area contributed by atoms with Crippen molar-refractivity contribution in [1.29, 1.82) is 0 Å². The Morgan fingerprint density at radius 3 is 2.62 bits per heavy atom. The van der Waals surface area contributed by atoms with Crippen LogP contribution in [0.25, 0.3) is 22.0 Å². The number of aromatic nitrogens is 3. The fraction of sp³-hybridized carbons (Fsp3) is 0.382. The molecule has 3 heterocycles. The molecular weight excluding hydrogens is 575 g/mol. The lowest BCUT2D eigenvalue weighted by Crippen LogP contribution is -2.47. The van der Waals surface area contributed by atoms with Crippen LogP contribution in [0.15, 0.2) is 60.9 Å². The maximum atomic E-state index is 13.5. The second-order valence-electron chi connectivity index (χ2n) is 12.6. The smallest absolute Gasteiger partial charge is 0.410 e. The van der Waals surface area contributed by atoms with Gasteiger partial charge < -0.3 is 25.0 Å². The first kappa shape index (κ1) is 30.2. The molecule has 0 radical (unpaired) electrons. The average molecular weight is 613 g/mol. The van der Waals surface area contributed by atoms with E-state index in [2.05, 4.69) is 20.6 Å². The van der Waals surface area contributed by atoms with Crippen molar-refractivity contribution in [3.8, 4) is 22.9 Å². The third-order valence-corrected chi connectivity index (χ3v) is 7.82. The third-order valence-electron chi connectivity index (χ3n) is 7.82. The number of ether oxygens (including phenoxy) is 2. The molecule has 1 saturated carbocycles. The SMILES string of the molecule is Cc1ccc2c(NC(=O)[C@H]3C[C@@H]3F)cccc2c1Oc1ncccc1-c1ccnc(NC2CCCN(C(=O)OC(C)(C)C)C2)n1. The number of rotatable bonds is 7. The lowest BCUT2D eigenvalue weighted by atomic mass is 10.0. The molecule has 3 atom stereocenters. The van der Waals surface area contributed by atoms with Crippen LogP contribution in [0.4, 0.5) is 20.8 Å². The van der Waals surface area contributed by atoms with E-state index in [9.17, 15) is 14.0 Å². The maximum absolute atomic E-state index is 13.5. The highest BCUT2D eigenvalue weighted by atomic mass is 19.1. The zero-order valence-corrected chi connectivity index (χ0v) is 25.8. The van der Waals surface area contributed by atoms with Crippen LogP contribution in [0.1, 0.15) is 45.6 Å². The van der Waals surface area contributed by atoms with Gasteiger partial charge in [0.1, 0.15) is 17.5 Å². The molecule has 1 aliphatic carbocycles. The van der Waals surface area contributed by atoms with E-state index in [0.29, 0.717) is 47.6 Å². The molecule has 2 aromatic heterocycles. The van der Waals surface area contributed by atoms with Gasteiger partial charge in [0.05, 0.1) is 17.2 Å². The van der Waals surface area contributed by atoms with Gasteiger partial charge in [-0.3, -0.25) is 4.79 Å². The van der Waals surface area contributed by atoms with E-state index in [-0.39, 0.29) is 24.5 Å². The van der Waals surface area contributed by atoms with Crippen molar-refractivity contribution in [2.24, 2.45) is 5.92 Å². The number of hydrogen-bond donors (Lipinski definition) is 2. The number of pyridine rings is 1.